The van der Waals surface area contributed by atoms with Crippen molar-refractivity contribution in [3.8, 4) is 11.3 Å². The summed E-state index contributed by atoms with van der Waals surface area (Å²) in [5.74, 6) is 2.87. The average Bonchev–Trinajstić information content (AvgIpc) is 2.65. The molecule has 0 aromatic heterocycles. The molecule has 0 bridgehead atoms. The Labute approximate surface area is 183 Å². The summed E-state index contributed by atoms with van der Waals surface area (Å²) in [6, 6.07) is 21.1. The highest BCUT2D eigenvalue weighted by Gasteiger charge is 2.50. The van der Waals surface area contributed by atoms with Crippen molar-refractivity contribution in [3.63, 3.8) is 0 Å². The van der Waals surface area contributed by atoms with E-state index in [1.54, 1.807) is 0 Å². The molecule has 1 atom stereocenters. The normalized spacial score (nSPS) is 14.6. The summed E-state index contributed by atoms with van der Waals surface area (Å²) in [7, 11) is -4.61. The number of hydrogen-bond donors (Lipinski definition) is 1. The van der Waals surface area contributed by atoms with Gasteiger partial charge in [0, 0.05) is 18.4 Å². The van der Waals surface area contributed by atoms with Crippen LogP contribution in [-0.4, -0.2) is 33.3 Å². The van der Waals surface area contributed by atoms with E-state index in [1.807, 2.05) is 12.1 Å². The van der Waals surface area contributed by atoms with E-state index in [4.69, 9.17) is 16.0 Å². The number of hydrogen-bond acceptors (Lipinski definition) is 2. The van der Waals surface area contributed by atoms with Crippen LogP contribution in [0.5, 0.6) is 0 Å². The van der Waals surface area contributed by atoms with Gasteiger partial charge in [0.15, 0.2) is 0 Å². The minimum absolute atomic E-state index is 0.0921. The Balaban J connectivity index is 2.50. The summed E-state index contributed by atoms with van der Waals surface area (Å²) in [6.45, 7) is 13.5. The third kappa shape index (κ3) is 5.04. The van der Waals surface area contributed by atoms with Gasteiger partial charge in [-0.25, -0.2) is 0 Å². The van der Waals surface area contributed by atoms with Crippen molar-refractivity contribution >= 4 is 38.4 Å². The van der Waals surface area contributed by atoms with Crippen LogP contribution in [0, 0.1) is 11.3 Å². The fourth-order valence-corrected chi connectivity index (χ4v) is 9.91. The fraction of sp³-hybridized carbons (Fsp3) is 0.417. The summed E-state index contributed by atoms with van der Waals surface area (Å²) in [5, 5.41) is 14.9. The van der Waals surface area contributed by atoms with Crippen molar-refractivity contribution in [1.82, 2.24) is 0 Å². The molecule has 0 aliphatic carbocycles. The van der Waals surface area contributed by atoms with Gasteiger partial charge in [0.05, 0.1) is 8.07 Å². The van der Waals surface area contributed by atoms with Crippen LogP contribution in [0.2, 0.25) is 24.7 Å². The Bertz CT molecular complexity index is 806. The quantitative estimate of drug-likeness (QED) is 0.492. The first-order valence-electron chi connectivity index (χ1n) is 10.1. The molecule has 2 rings (SSSR count). The Morgan fingerprint density at radius 2 is 1.34 bits per heavy atom. The molecular weight excluding hydrogens is 412 g/mol. The zero-order chi connectivity index (χ0) is 21.8. The Hall–Kier alpha value is -1.36. The highest BCUT2D eigenvalue weighted by atomic mass is 35.5. The lowest BCUT2D eigenvalue weighted by atomic mass is 10.2. The summed E-state index contributed by atoms with van der Waals surface area (Å²) in [5.41, 5.74) is 0. The molecule has 156 valence electrons. The molecule has 0 aliphatic heterocycles. The van der Waals surface area contributed by atoms with Gasteiger partial charge in [-0.1, -0.05) is 107 Å². The van der Waals surface area contributed by atoms with Crippen molar-refractivity contribution in [2.75, 3.05) is 6.61 Å². The first kappa shape index (κ1) is 23.9. The zero-order valence-electron chi connectivity index (χ0n) is 18.4. The van der Waals surface area contributed by atoms with Crippen LogP contribution in [-0.2, 0) is 4.43 Å². The van der Waals surface area contributed by atoms with E-state index in [1.165, 1.54) is 10.4 Å². The first-order chi connectivity index (χ1) is 13.5. The lowest BCUT2D eigenvalue weighted by Crippen LogP contribution is -2.67. The molecule has 1 unspecified atom stereocenters. The molecule has 2 aromatic rings. The molecule has 0 heterocycles. The van der Waals surface area contributed by atoms with Gasteiger partial charge in [0.25, 0.3) is 8.32 Å². The maximum atomic E-state index is 11.2. The highest BCUT2D eigenvalue weighted by Crippen LogP contribution is 2.37. The second kappa shape index (κ2) is 9.20. The standard InChI is InChI=1S/C24H33ClO2Si2/c1-23(2,3)29(21-13-9-7-10-14-21,22-15-11-8-12-16-22)27-20-18-24(26,17-19-25)28(4,5)6/h7-16,26H,18,20H2,1-6H3. The van der Waals surface area contributed by atoms with Gasteiger partial charge in [0.1, 0.15) is 5.22 Å². The predicted octanol–water partition coefficient (Wildman–Crippen LogP) is 4.76. The summed E-state index contributed by atoms with van der Waals surface area (Å²) in [6.07, 6.45) is 0.451. The summed E-state index contributed by atoms with van der Waals surface area (Å²) >= 11 is 5.69. The van der Waals surface area contributed by atoms with Gasteiger partial charge in [-0.2, -0.15) is 0 Å². The Morgan fingerprint density at radius 1 is 0.897 bits per heavy atom. The highest BCUT2D eigenvalue weighted by molar-refractivity contribution is 6.99. The van der Waals surface area contributed by atoms with E-state index in [0.717, 1.165) is 0 Å². The Morgan fingerprint density at radius 3 is 1.69 bits per heavy atom. The van der Waals surface area contributed by atoms with Gasteiger partial charge >= 0.3 is 0 Å². The first-order valence-corrected chi connectivity index (χ1v) is 15.9. The minimum Gasteiger partial charge on any atom is -0.407 e. The largest absolute Gasteiger partial charge is 0.407 e. The van der Waals surface area contributed by atoms with E-state index in [9.17, 15) is 5.11 Å². The number of halogens is 1. The number of aliphatic hydroxyl groups is 1. The molecule has 1 N–H and O–H groups in total. The lowest BCUT2D eigenvalue weighted by Gasteiger charge is -2.44. The van der Waals surface area contributed by atoms with Gasteiger partial charge in [0.2, 0.25) is 0 Å². The van der Waals surface area contributed by atoms with Crippen molar-refractivity contribution in [2.45, 2.75) is 57.1 Å². The fourth-order valence-electron chi connectivity index (χ4n) is 3.82. The molecule has 0 spiro atoms. The van der Waals surface area contributed by atoms with Crippen molar-refractivity contribution < 1.29 is 9.53 Å². The molecule has 5 heteroatoms. The molecule has 0 amide bonds. The molecule has 0 fully saturated rings. The van der Waals surface area contributed by atoms with Crippen LogP contribution in [0.3, 0.4) is 0 Å². The second-order valence-corrected chi connectivity index (χ2v) is 19.4. The topological polar surface area (TPSA) is 29.5 Å². The summed E-state index contributed by atoms with van der Waals surface area (Å²) < 4.78 is 6.89. The number of rotatable bonds is 7. The zero-order valence-corrected chi connectivity index (χ0v) is 21.2. The maximum absolute atomic E-state index is 11.2. The average molecular weight is 445 g/mol. The van der Waals surface area contributed by atoms with Gasteiger partial charge in [-0.3, -0.25) is 0 Å². The van der Waals surface area contributed by atoms with Gasteiger partial charge < -0.3 is 9.53 Å². The third-order valence-corrected chi connectivity index (χ3v) is 13.7. The molecule has 2 nitrogen and oxygen atoms in total. The van der Waals surface area contributed by atoms with E-state index in [-0.39, 0.29) is 5.04 Å². The van der Waals surface area contributed by atoms with Crippen molar-refractivity contribution in [1.29, 1.82) is 0 Å². The van der Waals surface area contributed by atoms with Crippen molar-refractivity contribution in [3.05, 3.63) is 60.7 Å². The van der Waals surface area contributed by atoms with Gasteiger partial charge in [-0.15, -0.1) is 0 Å². The van der Waals surface area contributed by atoms with Crippen LogP contribution in [0.1, 0.15) is 27.2 Å². The molecule has 0 radical (unpaired) electrons. The molecule has 0 saturated carbocycles. The predicted molar refractivity (Wildman–Crippen MR) is 130 cm³/mol. The molecule has 0 aliphatic rings. The minimum atomic E-state index is -2.61. The Kier molecular flexibility index (Phi) is 7.59. The molecule has 29 heavy (non-hydrogen) atoms. The maximum Gasteiger partial charge on any atom is 0.261 e. The smallest absolute Gasteiger partial charge is 0.261 e. The second-order valence-electron chi connectivity index (χ2n) is 9.59. The molecular formula is C24H33ClO2Si2. The number of benzene rings is 2. The lowest BCUT2D eigenvalue weighted by molar-refractivity contribution is 0.136. The van der Waals surface area contributed by atoms with Crippen LogP contribution < -0.4 is 10.4 Å². The van der Waals surface area contributed by atoms with E-state index < -0.39 is 21.6 Å². The van der Waals surface area contributed by atoms with Crippen molar-refractivity contribution in [2.24, 2.45) is 0 Å². The SMILES string of the molecule is CC(C)(C)[Si](OCCC(O)(C#CCl)[Si](C)(C)C)(c1ccccc1)c1ccccc1. The third-order valence-electron chi connectivity index (χ3n) is 5.69. The summed E-state index contributed by atoms with van der Waals surface area (Å²) in [4.78, 5) is 0. The van der Waals surface area contributed by atoms with E-state index in [0.29, 0.717) is 13.0 Å². The monoisotopic (exact) mass is 444 g/mol. The van der Waals surface area contributed by atoms with Crippen LogP contribution in [0.4, 0.5) is 0 Å². The van der Waals surface area contributed by atoms with E-state index in [2.05, 4.69) is 100 Å². The molecule has 0 saturated heterocycles. The molecule has 2 aromatic carbocycles. The van der Waals surface area contributed by atoms with Crippen LogP contribution >= 0.6 is 11.6 Å². The van der Waals surface area contributed by atoms with Gasteiger partial charge in [-0.05, 0) is 27.0 Å². The van der Waals surface area contributed by atoms with Crippen LogP contribution in [0.15, 0.2) is 60.7 Å². The van der Waals surface area contributed by atoms with Crippen LogP contribution in [0.25, 0.3) is 0 Å². The van der Waals surface area contributed by atoms with E-state index >= 15 is 0 Å².